The van der Waals surface area contributed by atoms with Crippen LogP contribution in [0.5, 0.6) is 0 Å². The maximum Gasteiger partial charge on any atom is 0.329 e. The Morgan fingerprint density at radius 2 is 1.90 bits per heavy atom. The highest BCUT2D eigenvalue weighted by Crippen LogP contribution is 2.20. The number of ether oxygens (including phenoxy) is 1. The molecular formula is C14H26N2O4. The molecule has 6 nitrogen and oxygen atoms in total. The molecule has 0 saturated carbocycles. The molecular weight excluding hydrogens is 260 g/mol. The zero-order valence-electron chi connectivity index (χ0n) is 12.6. The van der Waals surface area contributed by atoms with Gasteiger partial charge in [0.05, 0.1) is 19.1 Å². The molecule has 0 aliphatic carbocycles. The Bertz CT molecular complexity index is 342. The van der Waals surface area contributed by atoms with Crippen LogP contribution >= 0.6 is 0 Å². The normalized spacial score (nSPS) is 22.8. The zero-order valence-corrected chi connectivity index (χ0v) is 12.6. The Morgan fingerprint density at radius 1 is 1.25 bits per heavy atom. The molecule has 0 aromatic carbocycles. The maximum atomic E-state index is 12.4. The van der Waals surface area contributed by atoms with Crippen molar-refractivity contribution in [2.45, 2.75) is 51.6 Å². The Balaban J connectivity index is 2.71. The maximum absolute atomic E-state index is 12.4. The minimum absolute atomic E-state index is 0.0323. The van der Waals surface area contributed by atoms with E-state index in [4.69, 9.17) is 4.74 Å². The fourth-order valence-electron chi connectivity index (χ4n) is 2.45. The van der Waals surface area contributed by atoms with Gasteiger partial charge in [-0.2, -0.15) is 0 Å². The van der Waals surface area contributed by atoms with E-state index < -0.39 is 11.5 Å². The summed E-state index contributed by atoms with van der Waals surface area (Å²) in [6, 6.07) is -0.0323. The van der Waals surface area contributed by atoms with Gasteiger partial charge < -0.3 is 20.5 Å². The molecule has 0 aromatic heterocycles. The first-order valence-electron chi connectivity index (χ1n) is 7.37. The van der Waals surface area contributed by atoms with Crippen molar-refractivity contribution in [3.05, 3.63) is 0 Å². The molecule has 6 heteroatoms. The summed E-state index contributed by atoms with van der Waals surface area (Å²) in [4.78, 5) is 23.8. The summed E-state index contributed by atoms with van der Waals surface area (Å²) >= 11 is 0. The van der Waals surface area contributed by atoms with E-state index in [1.807, 2.05) is 0 Å². The summed E-state index contributed by atoms with van der Waals surface area (Å²) in [7, 11) is 0. The van der Waals surface area contributed by atoms with Gasteiger partial charge in [0.25, 0.3) is 0 Å². The molecule has 0 spiro atoms. The van der Waals surface area contributed by atoms with Gasteiger partial charge in [-0.15, -0.1) is 0 Å². The van der Waals surface area contributed by atoms with Crippen molar-refractivity contribution >= 4 is 11.9 Å². The average molecular weight is 286 g/mol. The molecule has 0 aromatic rings. The number of carbonyl (C=O) groups excluding carboxylic acids is 1. The summed E-state index contributed by atoms with van der Waals surface area (Å²) < 4.78 is 5.36. The van der Waals surface area contributed by atoms with Crippen molar-refractivity contribution in [3.63, 3.8) is 0 Å². The topological polar surface area (TPSA) is 87.7 Å². The molecule has 1 aliphatic rings. The van der Waals surface area contributed by atoms with Gasteiger partial charge in [-0.25, -0.2) is 4.79 Å². The number of hydrogen-bond acceptors (Lipinski definition) is 4. The Kier molecular flexibility index (Phi) is 6.42. The van der Waals surface area contributed by atoms with E-state index in [1.165, 1.54) is 0 Å². The van der Waals surface area contributed by atoms with Crippen molar-refractivity contribution in [2.75, 3.05) is 19.8 Å². The number of carboxylic acids is 1. The standard InChI is InChI=1S/C14H26N2O4/c1-4-7-15-11-9-20-8-10(11)12(17)16-14(5-2,6-3)13(18)19/h10-11,15H,4-9H2,1-3H3,(H,16,17)(H,18,19). The summed E-state index contributed by atoms with van der Waals surface area (Å²) in [6.07, 6.45) is 1.71. The molecule has 1 amide bonds. The van der Waals surface area contributed by atoms with Gasteiger partial charge in [0.2, 0.25) is 5.91 Å². The minimum Gasteiger partial charge on any atom is -0.480 e. The lowest BCUT2D eigenvalue weighted by molar-refractivity contribution is -0.148. The van der Waals surface area contributed by atoms with Crippen LogP contribution in [0.25, 0.3) is 0 Å². The Labute approximate surface area is 120 Å². The van der Waals surface area contributed by atoms with Gasteiger partial charge >= 0.3 is 5.97 Å². The molecule has 0 radical (unpaired) electrons. The Hall–Kier alpha value is -1.14. The molecule has 0 bridgehead atoms. The SMILES string of the molecule is CCCNC1COCC1C(=O)NC(CC)(CC)C(=O)O. The van der Waals surface area contributed by atoms with Crippen LogP contribution in [0.3, 0.4) is 0 Å². The minimum atomic E-state index is -1.17. The molecule has 1 aliphatic heterocycles. The number of nitrogens with one attached hydrogen (secondary N) is 2. The van der Waals surface area contributed by atoms with Crippen LogP contribution in [-0.4, -0.2) is 48.3 Å². The number of amides is 1. The van der Waals surface area contributed by atoms with E-state index in [1.54, 1.807) is 13.8 Å². The number of aliphatic carboxylic acids is 1. The third kappa shape index (κ3) is 3.70. The van der Waals surface area contributed by atoms with Crippen LogP contribution in [0, 0.1) is 5.92 Å². The van der Waals surface area contributed by atoms with Crippen LogP contribution in [0.2, 0.25) is 0 Å². The highest BCUT2D eigenvalue weighted by Gasteiger charge is 2.41. The van der Waals surface area contributed by atoms with Crippen molar-refractivity contribution < 1.29 is 19.4 Å². The quantitative estimate of drug-likeness (QED) is 0.613. The molecule has 2 atom stereocenters. The van der Waals surface area contributed by atoms with Crippen LogP contribution in [0.15, 0.2) is 0 Å². The lowest BCUT2D eigenvalue weighted by Gasteiger charge is -2.30. The first-order chi connectivity index (χ1) is 9.50. The molecule has 1 heterocycles. The van der Waals surface area contributed by atoms with Crippen LogP contribution < -0.4 is 10.6 Å². The first kappa shape index (κ1) is 16.9. The van der Waals surface area contributed by atoms with Gasteiger partial charge in [0, 0.05) is 6.04 Å². The third-order valence-corrected chi connectivity index (χ3v) is 4.05. The molecule has 1 fully saturated rings. The van der Waals surface area contributed by atoms with Crippen LogP contribution in [-0.2, 0) is 14.3 Å². The van der Waals surface area contributed by atoms with E-state index in [-0.39, 0.29) is 17.9 Å². The largest absolute Gasteiger partial charge is 0.480 e. The second-order valence-corrected chi connectivity index (χ2v) is 5.29. The van der Waals surface area contributed by atoms with E-state index in [0.29, 0.717) is 26.1 Å². The number of carboxylic acid groups (broad SMARTS) is 1. The predicted octanol–water partition coefficient (Wildman–Crippen LogP) is 0.761. The third-order valence-electron chi connectivity index (χ3n) is 4.05. The number of rotatable bonds is 8. The lowest BCUT2D eigenvalue weighted by Crippen LogP contribution is -2.57. The number of hydrogen-bond donors (Lipinski definition) is 3. The summed E-state index contributed by atoms with van der Waals surface area (Å²) in [6.45, 7) is 7.27. The second kappa shape index (κ2) is 7.59. The molecule has 3 N–H and O–H groups in total. The summed E-state index contributed by atoms with van der Waals surface area (Å²) in [5.74, 6) is -1.53. The number of carbonyl (C=O) groups is 2. The Morgan fingerprint density at radius 3 is 2.40 bits per heavy atom. The van der Waals surface area contributed by atoms with E-state index in [0.717, 1.165) is 13.0 Å². The molecule has 1 saturated heterocycles. The average Bonchev–Trinajstić information content (AvgIpc) is 2.90. The monoisotopic (exact) mass is 286 g/mol. The van der Waals surface area contributed by atoms with Crippen molar-refractivity contribution in [2.24, 2.45) is 5.92 Å². The smallest absolute Gasteiger partial charge is 0.329 e. The highest BCUT2D eigenvalue weighted by atomic mass is 16.5. The van der Waals surface area contributed by atoms with Crippen LogP contribution in [0.1, 0.15) is 40.0 Å². The van der Waals surface area contributed by atoms with Gasteiger partial charge in [-0.3, -0.25) is 4.79 Å². The fraction of sp³-hybridized carbons (Fsp3) is 0.857. The van der Waals surface area contributed by atoms with Crippen molar-refractivity contribution in [1.29, 1.82) is 0 Å². The first-order valence-corrected chi connectivity index (χ1v) is 7.37. The molecule has 20 heavy (non-hydrogen) atoms. The van der Waals surface area contributed by atoms with E-state index >= 15 is 0 Å². The lowest BCUT2D eigenvalue weighted by atomic mass is 9.91. The van der Waals surface area contributed by atoms with E-state index in [2.05, 4.69) is 17.6 Å². The van der Waals surface area contributed by atoms with E-state index in [9.17, 15) is 14.7 Å². The summed E-state index contributed by atoms with van der Waals surface area (Å²) in [5, 5.41) is 15.4. The van der Waals surface area contributed by atoms with Gasteiger partial charge in [0.1, 0.15) is 5.54 Å². The van der Waals surface area contributed by atoms with Gasteiger partial charge in [-0.1, -0.05) is 20.8 Å². The van der Waals surface area contributed by atoms with Crippen molar-refractivity contribution in [3.8, 4) is 0 Å². The summed E-state index contributed by atoms with van der Waals surface area (Å²) in [5.41, 5.74) is -1.17. The van der Waals surface area contributed by atoms with Crippen molar-refractivity contribution in [1.82, 2.24) is 10.6 Å². The van der Waals surface area contributed by atoms with Crippen LogP contribution in [0.4, 0.5) is 0 Å². The molecule has 1 rings (SSSR count). The highest BCUT2D eigenvalue weighted by molar-refractivity contribution is 5.88. The molecule has 116 valence electrons. The predicted molar refractivity (Wildman–Crippen MR) is 75.5 cm³/mol. The second-order valence-electron chi connectivity index (χ2n) is 5.29. The zero-order chi connectivity index (χ0) is 15.2. The van der Waals surface area contributed by atoms with Gasteiger partial charge in [0.15, 0.2) is 0 Å². The molecule has 2 unspecified atom stereocenters. The fourth-order valence-corrected chi connectivity index (χ4v) is 2.45. The van der Waals surface area contributed by atoms with Gasteiger partial charge in [-0.05, 0) is 25.8 Å².